The Bertz CT molecular complexity index is 135. The Morgan fingerprint density at radius 2 is 1.24 bits per heavy atom. The Labute approximate surface area is 143 Å². The van der Waals surface area contributed by atoms with Crippen LogP contribution in [-0.4, -0.2) is 23.1 Å². The van der Waals surface area contributed by atoms with Gasteiger partial charge in [-0.1, -0.05) is 57.6 Å². The largest absolute Gasteiger partial charge is 2.00 e. The first-order valence-corrected chi connectivity index (χ1v) is 6.86. The molecule has 98 valence electrons. The van der Waals surface area contributed by atoms with Gasteiger partial charge in [0.05, 0.1) is 0 Å². The fraction of sp³-hybridized carbons (Fsp3) is 0.800. The molecule has 17 heavy (non-hydrogen) atoms. The van der Waals surface area contributed by atoms with Crippen LogP contribution in [0.3, 0.4) is 0 Å². The van der Waals surface area contributed by atoms with Gasteiger partial charge in [0.25, 0.3) is 0 Å². The monoisotopic (exact) mass is 360 g/mol. The topological polar surface area (TPSA) is 0 Å². The first kappa shape index (κ1) is 23.3. The van der Waals surface area contributed by atoms with Gasteiger partial charge in [-0.2, -0.15) is 6.42 Å². The Balaban J connectivity index is -0.000000980. The van der Waals surface area contributed by atoms with Crippen molar-refractivity contribution in [3.05, 3.63) is 19.1 Å². The summed E-state index contributed by atoms with van der Waals surface area (Å²) in [6, 6.07) is 0. The number of halogens is 1. The zero-order valence-corrected chi connectivity index (χ0v) is 15.3. The maximum Gasteiger partial charge on any atom is 2.00 e. The van der Waals surface area contributed by atoms with Crippen LogP contribution in [0.15, 0.2) is 12.2 Å². The molecule has 0 unspecified atom stereocenters. The quantitative estimate of drug-likeness (QED) is 0.174. The minimum atomic E-state index is 0. The van der Waals surface area contributed by atoms with Gasteiger partial charge in [-0.3, -0.25) is 0 Å². The van der Waals surface area contributed by atoms with Crippen molar-refractivity contribution in [3.63, 3.8) is 0 Å². The summed E-state index contributed by atoms with van der Waals surface area (Å²) in [5.74, 6) is 0. The molecule has 0 atom stereocenters. The molecule has 0 aliphatic rings. The van der Waals surface area contributed by atoms with Crippen LogP contribution >= 0.6 is 0 Å². The van der Waals surface area contributed by atoms with Crippen LogP contribution in [0.5, 0.6) is 0 Å². The average Bonchev–Trinajstić information content (AvgIpc) is 2.26. The van der Waals surface area contributed by atoms with Gasteiger partial charge in [0.2, 0.25) is 0 Å². The van der Waals surface area contributed by atoms with Crippen LogP contribution in [0.4, 0.5) is 0 Å². The van der Waals surface area contributed by atoms with E-state index < -0.39 is 0 Å². The molecule has 0 amide bonds. The van der Waals surface area contributed by atoms with E-state index in [1.807, 2.05) is 0 Å². The van der Waals surface area contributed by atoms with Crippen molar-refractivity contribution in [2.75, 3.05) is 0 Å². The second-order valence-electron chi connectivity index (χ2n) is 4.38. The van der Waals surface area contributed by atoms with Crippen LogP contribution in [0.1, 0.15) is 77.6 Å². The minimum Gasteiger partial charge on any atom is -1.00 e. The molecule has 0 fully saturated rings. The molecule has 0 radical (unpaired) electrons. The van der Waals surface area contributed by atoms with Gasteiger partial charge in [0.15, 0.2) is 0 Å². The zero-order valence-electron chi connectivity index (χ0n) is 11.7. The maximum atomic E-state index is 3.85. The number of allylic oxidation sites excluding steroid dienone is 2. The van der Waals surface area contributed by atoms with E-state index in [1.54, 1.807) is 0 Å². The molecule has 2 heteroatoms. The van der Waals surface area contributed by atoms with Crippen molar-refractivity contribution in [1.82, 2.24) is 0 Å². The van der Waals surface area contributed by atoms with Crippen LogP contribution in [0.25, 0.3) is 0 Å². The van der Waals surface area contributed by atoms with E-state index in [-0.39, 0.29) is 47.0 Å². The second kappa shape index (κ2) is 22.4. The Morgan fingerprint density at radius 3 is 1.71 bits per heavy atom. The first-order chi connectivity index (χ1) is 7.41. The third kappa shape index (κ3) is 22.8. The van der Waals surface area contributed by atoms with Gasteiger partial charge in [-0.25, -0.2) is 0 Å². The average molecular weight is 361 g/mol. The van der Waals surface area contributed by atoms with Crippen molar-refractivity contribution >= 4 is 23.1 Å². The molecule has 0 aromatic heterocycles. The van der Waals surface area contributed by atoms with Gasteiger partial charge in [-0.05, 0) is 25.7 Å². The van der Waals surface area contributed by atoms with Crippen molar-refractivity contribution in [2.45, 2.75) is 77.6 Å². The van der Waals surface area contributed by atoms with E-state index in [0.717, 1.165) is 6.42 Å². The molecule has 0 rings (SSSR count). The Hall–Kier alpha value is 1.24. The fourth-order valence-corrected chi connectivity index (χ4v) is 1.72. The molecule has 0 aliphatic carbocycles. The molecule has 0 N–H and O–H groups in total. The van der Waals surface area contributed by atoms with E-state index >= 15 is 0 Å². The zero-order chi connectivity index (χ0) is 11.2. The summed E-state index contributed by atoms with van der Waals surface area (Å²) in [4.78, 5) is 0. The molecule has 0 aromatic carbocycles. The van der Waals surface area contributed by atoms with Gasteiger partial charge in [0, 0.05) is 0 Å². The number of unbranched alkanes of at least 4 members (excludes halogenated alkanes) is 9. The van der Waals surface area contributed by atoms with Crippen LogP contribution in [0.2, 0.25) is 0 Å². The summed E-state index contributed by atoms with van der Waals surface area (Å²) >= 11 is 0. The summed E-state index contributed by atoms with van der Waals surface area (Å²) < 4.78 is 0. The number of hydrogen-bond donors (Lipinski definition) is 0. The van der Waals surface area contributed by atoms with Gasteiger partial charge in [-0.15, -0.1) is 0 Å². The summed E-state index contributed by atoms with van der Waals surface area (Å²) in [5, 5.41) is 0. The number of rotatable bonds is 11. The molecule has 0 saturated carbocycles. The number of hydrogen-bond acceptors (Lipinski definition) is 0. The molecule has 0 saturated heterocycles. The van der Waals surface area contributed by atoms with Crippen molar-refractivity contribution < 1.29 is 24.0 Å². The van der Waals surface area contributed by atoms with E-state index in [4.69, 9.17) is 0 Å². The maximum absolute atomic E-state index is 3.85. The van der Waals surface area contributed by atoms with Crippen LogP contribution in [0, 0.1) is 6.92 Å². The smallest absolute Gasteiger partial charge is 1.00 e. The molecular weight excluding hydrogens is 331 g/mol. The third-order valence-electron chi connectivity index (χ3n) is 2.76. The Morgan fingerprint density at radius 1 is 0.765 bits per heavy atom. The summed E-state index contributed by atoms with van der Waals surface area (Å²) in [7, 11) is 0. The Kier molecular flexibility index (Phi) is 30.8. The van der Waals surface area contributed by atoms with Crippen molar-refractivity contribution in [3.8, 4) is 0 Å². The standard InChI is InChI=1S/C15H29.HI.Mg/c1-3-5-7-9-11-13-15-14-12-10-8-6-4-2;;/h14-15H,1,3-13H2,2H3;1H;/q-1;;+2/p-1. The van der Waals surface area contributed by atoms with Crippen molar-refractivity contribution in [1.29, 1.82) is 0 Å². The van der Waals surface area contributed by atoms with Crippen LogP contribution in [-0.2, 0) is 0 Å². The predicted octanol–water partition coefficient (Wildman–Crippen LogP) is 2.31. The fourth-order valence-electron chi connectivity index (χ4n) is 1.72. The molecular formula is C15H29IMg. The molecule has 0 heterocycles. The normalized spacial score (nSPS) is 10.0. The summed E-state index contributed by atoms with van der Waals surface area (Å²) in [6.07, 6.45) is 19.4. The molecule has 0 spiro atoms. The summed E-state index contributed by atoms with van der Waals surface area (Å²) in [5.41, 5.74) is 0. The van der Waals surface area contributed by atoms with E-state index in [2.05, 4.69) is 26.0 Å². The third-order valence-corrected chi connectivity index (χ3v) is 2.76. The molecule has 0 aliphatic heterocycles. The van der Waals surface area contributed by atoms with E-state index in [0.29, 0.717) is 0 Å². The van der Waals surface area contributed by atoms with E-state index in [1.165, 1.54) is 64.2 Å². The predicted molar refractivity (Wildman–Crippen MR) is 76.7 cm³/mol. The van der Waals surface area contributed by atoms with Crippen molar-refractivity contribution in [2.24, 2.45) is 0 Å². The summed E-state index contributed by atoms with van der Waals surface area (Å²) in [6.45, 7) is 6.12. The van der Waals surface area contributed by atoms with E-state index in [9.17, 15) is 0 Å². The SMILES string of the molecule is [CH2-]CCCCCCC=CCCCCCC.[I-].[Mg+2]. The van der Waals surface area contributed by atoms with Gasteiger partial charge >= 0.3 is 23.1 Å². The molecule has 0 aromatic rings. The van der Waals surface area contributed by atoms with Crippen LogP contribution < -0.4 is 24.0 Å². The van der Waals surface area contributed by atoms with Gasteiger partial charge < -0.3 is 30.9 Å². The molecule has 0 bridgehead atoms. The second-order valence-corrected chi connectivity index (χ2v) is 4.38. The molecule has 0 nitrogen and oxygen atoms in total. The first-order valence-electron chi connectivity index (χ1n) is 6.86. The minimum absolute atomic E-state index is 0. The van der Waals surface area contributed by atoms with Gasteiger partial charge in [0.1, 0.15) is 0 Å².